The molecule has 16 heavy (non-hydrogen) atoms. The molecule has 0 atom stereocenters. The molecule has 1 aromatic heterocycles. The fourth-order valence-corrected chi connectivity index (χ4v) is 2.37. The highest BCUT2D eigenvalue weighted by molar-refractivity contribution is 5.33. The Hall–Kier alpha value is -1.12. The van der Waals surface area contributed by atoms with Crippen LogP contribution in [-0.2, 0) is 0 Å². The van der Waals surface area contributed by atoms with Gasteiger partial charge in [-0.15, -0.1) is 0 Å². The molecule has 1 aromatic rings. The first-order valence-electron chi connectivity index (χ1n) is 6.03. The minimum absolute atomic E-state index is 0.283. The van der Waals surface area contributed by atoms with E-state index >= 15 is 0 Å². The second-order valence-electron chi connectivity index (χ2n) is 5.09. The van der Waals surface area contributed by atoms with Gasteiger partial charge in [0.05, 0.1) is 6.20 Å². The van der Waals surface area contributed by atoms with Gasteiger partial charge in [0.25, 0.3) is 0 Å². The van der Waals surface area contributed by atoms with E-state index in [1.165, 1.54) is 44.4 Å². The zero-order chi connectivity index (χ0) is 11.4. The van der Waals surface area contributed by atoms with Gasteiger partial charge in [0, 0.05) is 6.54 Å². The number of anilines is 1. The molecule has 0 bridgehead atoms. The largest absolute Gasteiger partial charge is 0.370 e. The lowest BCUT2D eigenvalue weighted by Gasteiger charge is -2.33. The summed E-state index contributed by atoms with van der Waals surface area (Å²) in [4.78, 5) is 4.01. The Labute approximate surface area is 96.3 Å². The summed E-state index contributed by atoms with van der Waals surface area (Å²) in [6.45, 7) is 3.26. The maximum atomic E-state index is 12.7. The highest BCUT2D eigenvalue weighted by Gasteiger charge is 2.26. The first-order valence-corrected chi connectivity index (χ1v) is 6.03. The first kappa shape index (κ1) is 11.4. The number of aromatic nitrogens is 1. The van der Waals surface area contributed by atoms with Crippen molar-refractivity contribution in [2.75, 3.05) is 11.9 Å². The Morgan fingerprint density at radius 1 is 1.31 bits per heavy atom. The summed E-state index contributed by atoms with van der Waals surface area (Å²) in [5, 5.41) is 3.30. The van der Waals surface area contributed by atoms with Crippen LogP contribution in [0.2, 0.25) is 0 Å². The number of hydrogen-bond donors (Lipinski definition) is 1. The van der Waals surface area contributed by atoms with Crippen LogP contribution in [0.4, 0.5) is 10.2 Å². The molecule has 0 spiro atoms. The molecule has 0 aromatic carbocycles. The van der Waals surface area contributed by atoms with E-state index in [-0.39, 0.29) is 5.82 Å². The molecular formula is C13H19FN2. The Morgan fingerprint density at radius 2 is 2.06 bits per heavy atom. The molecular weight excluding hydrogens is 203 g/mol. The summed E-state index contributed by atoms with van der Waals surface area (Å²) in [7, 11) is 0. The Morgan fingerprint density at radius 3 is 2.69 bits per heavy atom. The average Bonchev–Trinajstić information content (AvgIpc) is 2.29. The van der Waals surface area contributed by atoms with Crippen molar-refractivity contribution >= 4 is 5.82 Å². The summed E-state index contributed by atoms with van der Waals surface area (Å²) in [6, 6.07) is 3.14. The molecule has 2 rings (SSSR count). The van der Waals surface area contributed by atoms with Gasteiger partial charge in [-0.3, -0.25) is 0 Å². The number of pyridine rings is 1. The van der Waals surface area contributed by atoms with E-state index in [2.05, 4.69) is 17.2 Å². The van der Waals surface area contributed by atoms with Gasteiger partial charge in [-0.1, -0.05) is 26.2 Å². The lowest BCUT2D eigenvalue weighted by atomic mass is 9.76. The number of nitrogens with zero attached hydrogens (tertiary/aromatic N) is 1. The van der Waals surface area contributed by atoms with Crippen LogP contribution in [0.5, 0.6) is 0 Å². The van der Waals surface area contributed by atoms with Crippen LogP contribution >= 0.6 is 0 Å². The molecule has 1 aliphatic rings. The maximum absolute atomic E-state index is 12.7. The molecule has 1 heterocycles. The standard InChI is InChI=1S/C13H19FN2/c1-13(7-3-2-4-8-13)10-16-12-6-5-11(14)9-15-12/h5-6,9H,2-4,7-8,10H2,1H3,(H,15,16). The van der Waals surface area contributed by atoms with E-state index < -0.39 is 0 Å². The molecule has 2 nitrogen and oxygen atoms in total. The minimum Gasteiger partial charge on any atom is -0.370 e. The van der Waals surface area contributed by atoms with E-state index in [1.54, 1.807) is 6.07 Å². The molecule has 1 fully saturated rings. The van der Waals surface area contributed by atoms with Crippen molar-refractivity contribution in [1.82, 2.24) is 4.98 Å². The highest BCUT2D eigenvalue weighted by atomic mass is 19.1. The summed E-state index contributed by atoms with van der Waals surface area (Å²) in [6.07, 6.45) is 7.84. The van der Waals surface area contributed by atoms with Crippen molar-refractivity contribution in [3.63, 3.8) is 0 Å². The summed E-state index contributed by atoms with van der Waals surface area (Å²) in [5.41, 5.74) is 0.383. The number of nitrogens with one attached hydrogen (secondary N) is 1. The monoisotopic (exact) mass is 222 g/mol. The Bertz CT molecular complexity index is 328. The minimum atomic E-state index is -0.283. The molecule has 0 radical (unpaired) electrons. The second-order valence-corrected chi connectivity index (χ2v) is 5.09. The molecule has 0 unspecified atom stereocenters. The van der Waals surface area contributed by atoms with Crippen LogP contribution in [-0.4, -0.2) is 11.5 Å². The predicted octanol–water partition coefficient (Wildman–Crippen LogP) is 3.60. The van der Waals surface area contributed by atoms with Gasteiger partial charge in [-0.25, -0.2) is 9.37 Å². The van der Waals surface area contributed by atoms with E-state index in [9.17, 15) is 4.39 Å². The van der Waals surface area contributed by atoms with Gasteiger partial charge >= 0.3 is 0 Å². The third-order valence-electron chi connectivity index (χ3n) is 3.48. The van der Waals surface area contributed by atoms with Crippen molar-refractivity contribution < 1.29 is 4.39 Å². The number of rotatable bonds is 3. The molecule has 88 valence electrons. The van der Waals surface area contributed by atoms with Crippen LogP contribution < -0.4 is 5.32 Å². The van der Waals surface area contributed by atoms with Crippen molar-refractivity contribution in [3.05, 3.63) is 24.1 Å². The van der Waals surface area contributed by atoms with Crippen molar-refractivity contribution in [2.45, 2.75) is 39.0 Å². The quantitative estimate of drug-likeness (QED) is 0.845. The molecule has 0 saturated heterocycles. The molecule has 3 heteroatoms. The van der Waals surface area contributed by atoms with E-state index in [0.717, 1.165) is 12.4 Å². The van der Waals surface area contributed by atoms with Crippen LogP contribution in [0.1, 0.15) is 39.0 Å². The second kappa shape index (κ2) is 4.81. The fraction of sp³-hybridized carbons (Fsp3) is 0.615. The number of halogens is 1. The van der Waals surface area contributed by atoms with Crippen molar-refractivity contribution in [3.8, 4) is 0 Å². The van der Waals surface area contributed by atoms with Gasteiger partial charge in [0.1, 0.15) is 11.6 Å². The third kappa shape index (κ3) is 2.94. The lowest BCUT2D eigenvalue weighted by Crippen LogP contribution is -2.29. The summed E-state index contributed by atoms with van der Waals surface area (Å²) in [5.74, 6) is 0.489. The molecule has 0 aliphatic heterocycles. The predicted molar refractivity (Wildman–Crippen MR) is 63.9 cm³/mol. The smallest absolute Gasteiger partial charge is 0.141 e. The third-order valence-corrected chi connectivity index (χ3v) is 3.48. The van der Waals surface area contributed by atoms with E-state index in [4.69, 9.17) is 0 Å². The first-order chi connectivity index (χ1) is 7.68. The van der Waals surface area contributed by atoms with Gasteiger partial charge < -0.3 is 5.32 Å². The highest BCUT2D eigenvalue weighted by Crippen LogP contribution is 2.35. The normalized spacial score (nSPS) is 19.4. The zero-order valence-electron chi connectivity index (χ0n) is 9.80. The topological polar surface area (TPSA) is 24.9 Å². The van der Waals surface area contributed by atoms with Crippen LogP contribution in [0.3, 0.4) is 0 Å². The molecule has 1 N–H and O–H groups in total. The Balaban J connectivity index is 1.88. The molecule has 1 aliphatic carbocycles. The zero-order valence-corrected chi connectivity index (χ0v) is 9.80. The average molecular weight is 222 g/mol. The van der Waals surface area contributed by atoms with Gasteiger partial charge in [-0.2, -0.15) is 0 Å². The fourth-order valence-electron chi connectivity index (χ4n) is 2.37. The summed E-state index contributed by atoms with van der Waals surface area (Å²) >= 11 is 0. The van der Waals surface area contributed by atoms with E-state index in [1.807, 2.05) is 0 Å². The van der Waals surface area contributed by atoms with Crippen LogP contribution in [0.25, 0.3) is 0 Å². The molecule has 0 amide bonds. The SMILES string of the molecule is CC1(CNc2ccc(F)cn2)CCCCC1. The van der Waals surface area contributed by atoms with Crippen LogP contribution in [0.15, 0.2) is 18.3 Å². The van der Waals surface area contributed by atoms with Crippen molar-refractivity contribution in [2.24, 2.45) is 5.41 Å². The van der Waals surface area contributed by atoms with Crippen molar-refractivity contribution in [1.29, 1.82) is 0 Å². The number of hydrogen-bond acceptors (Lipinski definition) is 2. The van der Waals surface area contributed by atoms with Gasteiger partial charge in [-0.05, 0) is 30.4 Å². The summed E-state index contributed by atoms with van der Waals surface area (Å²) < 4.78 is 12.7. The van der Waals surface area contributed by atoms with Gasteiger partial charge in [0.2, 0.25) is 0 Å². The Kier molecular flexibility index (Phi) is 3.42. The van der Waals surface area contributed by atoms with Gasteiger partial charge in [0.15, 0.2) is 0 Å². The molecule has 1 saturated carbocycles. The van der Waals surface area contributed by atoms with Crippen LogP contribution in [0, 0.1) is 11.2 Å². The van der Waals surface area contributed by atoms with E-state index in [0.29, 0.717) is 5.41 Å². The lowest BCUT2D eigenvalue weighted by molar-refractivity contribution is 0.233. The maximum Gasteiger partial charge on any atom is 0.141 e.